The Hall–Kier alpha value is -2.06. The normalized spacial score (nSPS) is 10.0. The Labute approximate surface area is 124 Å². The van der Waals surface area contributed by atoms with Crippen molar-refractivity contribution in [2.24, 2.45) is 5.84 Å². The van der Waals surface area contributed by atoms with Gasteiger partial charge in [0.2, 0.25) is 5.95 Å². The molecule has 0 aliphatic rings. The van der Waals surface area contributed by atoms with Gasteiger partial charge < -0.3 is 14.8 Å². The zero-order valence-corrected chi connectivity index (χ0v) is 12.6. The van der Waals surface area contributed by atoms with Crippen molar-refractivity contribution in [1.29, 1.82) is 0 Å². The van der Waals surface area contributed by atoms with Crippen molar-refractivity contribution >= 4 is 33.4 Å². The van der Waals surface area contributed by atoms with E-state index in [1.165, 1.54) is 0 Å². The Bertz CT molecular complexity index is 608. The van der Waals surface area contributed by atoms with Gasteiger partial charge in [-0.3, -0.25) is 5.43 Å². The number of hydrogen-bond donors (Lipinski definition) is 3. The van der Waals surface area contributed by atoms with Gasteiger partial charge in [0.25, 0.3) is 0 Å². The van der Waals surface area contributed by atoms with E-state index >= 15 is 0 Å². The van der Waals surface area contributed by atoms with Crippen LogP contribution < -0.4 is 26.1 Å². The highest BCUT2D eigenvalue weighted by Crippen LogP contribution is 2.33. The van der Waals surface area contributed by atoms with E-state index in [0.29, 0.717) is 27.7 Å². The molecule has 0 unspecified atom stereocenters. The maximum absolute atomic E-state index is 5.31. The summed E-state index contributed by atoms with van der Waals surface area (Å²) < 4.78 is 11.2. The second kappa shape index (κ2) is 6.40. The van der Waals surface area contributed by atoms with Crippen molar-refractivity contribution in [2.75, 3.05) is 25.0 Å². The van der Waals surface area contributed by atoms with Crippen molar-refractivity contribution in [3.8, 4) is 11.5 Å². The maximum atomic E-state index is 5.31. The molecule has 2 aromatic rings. The van der Waals surface area contributed by atoms with Crippen LogP contribution in [0.5, 0.6) is 11.5 Å². The lowest BCUT2D eigenvalue weighted by molar-refractivity contribution is 0.395. The van der Waals surface area contributed by atoms with E-state index in [9.17, 15) is 0 Å². The number of ether oxygens (including phenoxy) is 2. The minimum Gasteiger partial charge on any atom is -0.497 e. The van der Waals surface area contributed by atoms with E-state index in [4.69, 9.17) is 15.3 Å². The fourth-order valence-electron chi connectivity index (χ4n) is 1.55. The number of nitrogens with one attached hydrogen (secondary N) is 2. The van der Waals surface area contributed by atoms with E-state index in [1.807, 2.05) is 12.1 Å². The molecule has 0 atom stereocenters. The van der Waals surface area contributed by atoms with Gasteiger partial charge >= 0.3 is 0 Å². The molecule has 0 saturated heterocycles. The minimum absolute atomic E-state index is 0.308. The molecule has 0 bridgehead atoms. The van der Waals surface area contributed by atoms with Crippen LogP contribution in [0.3, 0.4) is 0 Å². The van der Waals surface area contributed by atoms with Gasteiger partial charge in [-0.15, -0.1) is 0 Å². The molecule has 0 aliphatic heterocycles. The zero-order chi connectivity index (χ0) is 14.5. The van der Waals surface area contributed by atoms with E-state index in [2.05, 4.69) is 36.6 Å². The van der Waals surface area contributed by atoms with E-state index < -0.39 is 0 Å². The molecule has 0 radical (unpaired) electrons. The number of nitrogen functional groups attached to an aromatic ring is 1. The Morgan fingerprint density at radius 1 is 1.25 bits per heavy atom. The zero-order valence-electron chi connectivity index (χ0n) is 11.0. The molecule has 0 fully saturated rings. The van der Waals surface area contributed by atoms with Gasteiger partial charge in [0.15, 0.2) is 5.82 Å². The molecule has 0 aliphatic carbocycles. The molecule has 8 heteroatoms. The topological polar surface area (TPSA) is 94.3 Å². The van der Waals surface area contributed by atoms with Crippen molar-refractivity contribution in [1.82, 2.24) is 9.97 Å². The molecule has 0 spiro atoms. The van der Waals surface area contributed by atoms with Gasteiger partial charge in [-0.1, -0.05) is 0 Å². The molecule has 106 valence electrons. The Kier molecular flexibility index (Phi) is 4.59. The van der Waals surface area contributed by atoms with Gasteiger partial charge in [0.05, 0.1) is 24.4 Å². The largest absolute Gasteiger partial charge is 0.497 e. The average Bonchev–Trinajstić information content (AvgIpc) is 2.49. The van der Waals surface area contributed by atoms with Crippen LogP contribution in [0.4, 0.5) is 17.5 Å². The molecule has 7 nitrogen and oxygen atoms in total. The summed E-state index contributed by atoms with van der Waals surface area (Å²) in [5, 5.41) is 3.14. The predicted molar refractivity (Wildman–Crippen MR) is 80.4 cm³/mol. The van der Waals surface area contributed by atoms with Crippen LogP contribution in [0, 0.1) is 0 Å². The number of nitrogens with two attached hydrogens (primary N) is 1. The highest BCUT2D eigenvalue weighted by Gasteiger charge is 2.09. The maximum Gasteiger partial charge on any atom is 0.239 e. The Balaban J connectivity index is 2.34. The molecular weight excluding hydrogens is 326 g/mol. The molecular formula is C12H14BrN5O2. The molecule has 0 saturated carbocycles. The number of hydrazine groups is 1. The summed E-state index contributed by atoms with van der Waals surface area (Å²) in [6, 6.07) is 5.43. The number of anilines is 3. The molecule has 1 aromatic heterocycles. The minimum atomic E-state index is 0.308. The summed E-state index contributed by atoms with van der Waals surface area (Å²) in [7, 11) is 3.18. The molecule has 1 heterocycles. The van der Waals surface area contributed by atoms with Crippen LogP contribution in [-0.4, -0.2) is 24.2 Å². The van der Waals surface area contributed by atoms with E-state index in [1.54, 1.807) is 26.5 Å². The molecule has 1 aromatic carbocycles. The quantitative estimate of drug-likeness (QED) is 0.568. The third kappa shape index (κ3) is 3.09. The van der Waals surface area contributed by atoms with E-state index in [0.717, 1.165) is 5.69 Å². The summed E-state index contributed by atoms with van der Waals surface area (Å²) >= 11 is 3.37. The summed E-state index contributed by atoms with van der Waals surface area (Å²) in [6.45, 7) is 0. The first-order valence-corrected chi connectivity index (χ1v) is 6.45. The lowest BCUT2D eigenvalue weighted by atomic mass is 10.2. The SMILES string of the molecule is COc1ccc(Nc2nc(NN)ncc2Br)c(OC)c1. The second-order valence-corrected chi connectivity index (χ2v) is 4.58. The van der Waals surface area contributed by atoms with Crippen LogP contribution in [-0.2, 0) is 0 Å². The fraction of sp³-hybridized carbons (Fsp3) is 0.167. The lowest BCUT2D eigenvalue weighted by Crippen LogP contribution is -2.11. The first-order chi connectivity index (χ1) is 9.67. The van der Waals surface area contributed by atoms with Crippen molar-refractivity contribution in [3.63, 3.8) is 0 Å². The standard InChI is InChI=1S/C12H14BrN5O2/c1-19-7-3-4-9(10(5-7)20-2)16-11-8(13)6-15-12(17-11)18-14/h3-6H,14H2,1-2H3,(H2,15,16,17,18). The summed E-state index contributed by atoms with van der Waals surface area (Å²) in [5.41, 5.74) is 3.14. The first-order valence-electron chi connectivity index (χ1n) is 5.66. The van der Waals surface area contributed by atoms with Crippen LogP contribution >= 0.6 is 15.9 Å². The Morgan fingerprint density at radius 3 is 2.70 bits per heavy atom. The first kappa shape index (κ1) is 14.4. The van der Waals surface area contributed by atoms with Crippen LogP contribution in [0.15, 0.2) is 28.9 Å². The highest BCUT2D eigenvalue weighted by atomic mass is 79.9. The number of rotatable bonds is 5. The fourth-order valence-corrected chi connectivity index (χ4v) is 1.84. The van der Waals surface area contributed by atoms with Gasteiger partial charge in [-0.25, -0.2) is 10.8 Å². The number of nitrogens with zero attached hydrogens (tertiary/aromatic N) is 2. The van der Waals surface area contributed by atoms with Gasteiger partial charge in [0, 0.05) is 12.3 Å². The average molecular weight is 340 g/mol. The molecule has 0 amide bonds. The third-order valence-corrected chi connectivity index (χ3v) is 3.12. The highest BCUT2D eigenvalue weighted by molar-refractivity contribution is 9.10. The second-order valence-electron chi connectivity index (χ2n) is 3.73. The van der Waals surface area contributed by atoms with Gasteiger partial charge in [0.1, 0.15) is 11.5 Å². The Morgan fingerprint density at radius 2 is 2.05 bits per heavy atom. The third-order valence-electron chi connectivity index (χ3n) is 2.53. The van der Waals surface area contributed by atoms with Crippen molar-refractivity contribution in [3.05, 3.63) is 28.9 Å². The predicted octanol–water partition coefficient (Wildman–Crippen LogP) is 2.29. The molecule has 4 N–H and O–H groups in total. The molecule has 20 heavy (non-hydrogen) atoms. The van der Waals surface area contributed by atoms with Crippen LogP contribution in [0.1, 0.15) is 0 Å². The monoisotopic (exact) mass is 339 g/mol. The lowest BCUT2D eigenvalue weighted by Gasteiger charge is -2.13. The summed E-state index contributed by atoms with van der Waals surface area (Å²) in [6.07, 6.45) is 1.60. The van der Waals surface area contributed by atoms with Crippen LogP contribution in [0.2, 0.25) is 0 Å². The summed E-state index contributed by atoms with van der Waals surface area (Å²) in [4.78, 5) is 8.20. The number of methoxy groups -OCH3 is 2. The smallest absolute Gasteiger partial charge is 0.239 e. The number of aromatic nitrogens is 2. The van der Waals surface area contributed by atoms with Crippen molar-refractivity contribution in [2.45, 2.75) is 0 Å². The van der Waals surface area contributed by atoms with E-state index in [-0.39, 0.29) is 0 Å². The van der Waals surface area contributed by atoms with Crippen LogP contribution in [0.25, 0.3) is 0 Å². The number of hydrogen-bond acceptors (Lipinski definition) is 7. The number of halogens is 1. The number of benzene rings is 1. The van der Waals surface area contributed by atoms with Gasteiger partial charge in [-0.05, 0) is 28.1 Å². The summed E-state index contributed by atoms with van der Waals surface area (Å²) in [5.74, 6) is 7.51. The van der Waals surface area contributed by atoms with Crippen molar-refractivity contribution < 1.29 is 9.47 Å². The molecule has 2 rings (SSSR count). The van der Waals surface area contributed by atoms with Gasteiger partial charge in [-0.2, -0.15) is 4.98 Å².